The number of methoxy groups -OCH3 is 1. The van der Waals surface area contributed by atoms with Crippen LogP contribution < -0.4 is 4.74 Å². The topological polar surface area (TPSA) is 104 Å². The van der Waals surface area contributed by atoms with E-state index in [0.717, 1.165) is 4.90 Å². The number of halogens is 3. The Kier molecular flexibility index (Phi) is 5.89. The third-order valence-electron chi connectivity index (χ3n) is 8.16. The summed E-state index contributed by atoms with van der Waals surface area (Å²) in [5.74, 6) is -4.93. The van der Waals surface area contributed by atoms with E-state index < -0.39 is 45.2 Å². The fourth-order valence-electron chi connectivity index (χ4n) is 6.54. The zero-order valence-electron chi connectivity index (χ0n) is 19.9. The van der Waals surface area contributed by atoms with Crippen molar-refractivity contribution in [3.63, 3.8) is 0 Å². The van der Waals surface area contributed by atoms with Crippen LogP contribution in [0.5, 0.6) is 11.5 Å². The van der Waals surface area contributed by atoms with E-state index in [-0.39, 0.29) is 34.8 Å². The molecule has 2 aliphatic carbocycles. The minimum atomic E-state index is -1.92. The van der Waals surface area contributed by atoms with E-state index in [9.17, 15) is 24.3 Å². The number of hydrogen-bond acceptors (Lipinski definition) is 6. The summed E-state index contributed by atoms with van der Waals surface area (Å²) in [6.45, 7) is 2.20. The molecule has 0 bridgehead atoms. The zero-order valence-corrected chi connectivity index (χ0v) is 22.2. The molecule has 0 radical (unpaired) electrons. The molecule has 1 aromatic carbocycles. The van der Waals surface area contributed by atoms with Crippen LogP contribution in [0, 0.1) is 17.8 Å². The molecule has 8 nitrogen and oxygen atoms in total. The summed E-state index contributed by atoms with van der Waals surface area (Å²) < 4.78 is 5.28. The van der Waals surface area contributed by atoms with Gasteiger partial charge in [0.15, 0.2) is 21.2 Å². The Bertz CT molecular complexity index is 1250. The lowest BCUT2D eigenvalue weighted by Gasteiger charge is -2.50. The maximum atomic E-state index is 13.5. The molecular weight excluding hydrogens is 531 g/mol. The zero-order chi connectivity index (χ0) is 26.3. The summed E-state index contributed by atoms with van der Waals surface area (Å²) in [6.07, 6.45) is 2.69. The van der Waals surface area contributed by atoms with E-state index >= 15 is 0 Å². The molecule has 6 unspecified atom stereocenters. The second kappa shape index (κ2) is 8.36. The summed E-state index contributed by atoms with van der Waals surface area (Å²) in [5, 5.41) is 10.3. The van der Waals surface area contributed by atoms with Crippen molar-refractivity contribution in [1.82, 2.24) is 9.80 Å². The van der Waals surface area contributed by atoms with Crippen molar-refractivity contribution in [2.45, 2.75) is 41.9 Å². The molecule has 192 valence electrons. The maximum absolute atomic E-state index is 13.5. The fourth-order valence-corrected chi connectivity index (χ4v) is 7.78. The van der Waals surface area contributed by atoms with Crippen molar-refractivity contribution in [3.05, 3.63) is 34.4 Å². The van der Waals surface area contributed by atoms with Gasteiger partial charge in [0.2, 0.25) is 11.8 Å². The molecule has 0 aromatic heterocycles. The smallest absolute Gasteiger partial charge is 0.253 e. The largest absolute Gasteiger partial charge is 0.503 e. The van der Waals surface area contributed by atoms with Gasteiger partial charge in [-0.1, -0.05) is 30.2 Å². The van der Waals surface area contributed by atoms with E-state index in [2.05, 4.69) is 0 Å². The molecule has 1 aromatic rings. The number of nitrogens with zero attached hydrogens (tertiary/aromatic N) is 2. The Morgan fingerprint density at radius 1 is 1.11 bits per heavy atom. The highest BCUT2D eigenvalue weighted by Gasteiger charge is 2.75. The first-order valence-electron chi connectivity index (χ1n) is 11.8. The van der Waals surface area contributed by atoms with Crippen LogP contribution in [-0.2, 0) is 19.2 Å². The first-order chi connectivity index (χ1) is 16.9. The number of ether oxygens (including phenoxy) is 1. The Balaban J connectivity index is 1.74. The summed E-state index contributed by atoms with van der Waals surface area (Å²) in [7, 11) is 2.68. The molecule has 36 heavy (non-hydrogen) atoms. The molecule has 4 aliphatic rings. The number of fused-ring (bicyclic) bond motifs is 4. The summed E-state index contributed by atoms with van der Waals surface area (Å²) in [4.78, 5) is 51.9. The highest BCUT2D eigenvalue weighted by molar-refractivity contribution is 6.53. The van der Waals surface area contributed by atoms with Crippen LogP contribution in [0.4, 0.5) is 0 Å². The van der Waals surface area contributed by atoms with Gasteiger partial charge < -0.3 is 9.84 Å². The van der Waals surface area contributed by atoms with Crippen LogP contribution in [0.15, 0.2) is 23.8 Å². The lowest BCUT2D eigenvalue weighted by atomic mass is 9.56. The van der Waals surface area contributed by atoms with Gasteiger partial charge in [0.25, 0.3) is 11.8 Å². The summed E-state index contributed by atoms with van der Waals surface area (Å²) in [6, 6.07) is 2.96. The second-order valence-electron chi connectivity index (χ2n) is 9.88. The molecule has 4 amide bonds. The minimum Gasteiger partial charge on any atom is -0.503 e. The third kappa shape index (κ3) is 3.01. The van der Waals surface area contributed by atoms with Crippen LogP contribution in [0.25, 0.3) is 0 Å². The van der Waals surface area contributed by atoms with Crippen molar-refractivity contribution in [2.75, 3.05) is 20.7 Å². The van der Waals surface area contributed by atoms with Crippen molar-refractivity contribution >= 4 is 58.4 Å². The molecule has 2 aliphatic heterocycles. The van der Waals surface area contributed by atoms with E-state index in [1.165, 1.54) is 31.2 Å². The number of hydrogen-bond donors (Lipinski definition) is 1. The predicted molar refractivity (Wildman–Crippen MR) is 132 cm³/mol. The quantitative estimate of drug-likeness (QED) is 0.347. The number of benzene rings is 1. The number of allylic oxidation sites excluding steroid dienone is 2. The minimum absolute atomic E-state index is 0.0347. The number of rotatable bonds is 4. The number of aromatic hydroxyl groups is 1. The van der Waals surface area contributed by atoms with Crippen molar-refractivity contribution in [3.8, 4) is 11.5 Å². The molecule has 6 atom stereocenters. The Morgan fingerprint density at radius 3 is 2.44 bits per heavy atom. The summed E-state index contributed by atoms with van der Waals surface area (Å²) in [5.41, 5.74) is 1.06. The van der Waals surface area contributed by atoms with Crippen molar-refractivity contribution < 1.29 is 29.0 Å². The van der Waals surface area contributed by atoms with Crippen LogP contribution in [-0.4, -0.2) is 69.0 Å². The molecule has 5 rings (SSSR count). The molecule has 0 spiro atoms. The first-order valence-corrected chi connectivity index (χ1v) is 12.9. The number of imide groups is 2. The number of carbonyl (C=O) groups excluding carboxylic acids is 4. The molecule has 1 N–H and O–H groups in total. The van der Waals surface area contributed by atoms with E-state index in [0.29, 0.717) is 30.5 Å². The number of phenolic OH excluding ortho intramolecular Hbond substituents is 1. The van der Waals surface area contributed by atoms with Crippen LogP contribution in [0.1, 0.15) is 37.7 Å². The molecular formula is C25H25Cl3N2O6. The average molecular weight is 556 g/mol. The standard InChI is InChI=1S/C25H25Cl3N2O6/c1-4-7-30-20(32)13-6-5-12-14(17(13)21(30)33)10-24(27)22(34)29(2)23(35)25(24,28)18(12)11-8-15(26)19(31)16(9-11)36-3/h5,8-9,13-14,17-18,31H,4,6-7,10H2,1-3H3. The number of phenols is 1. The predicted octanol–water partition coefficient (Wildman–Crippen LogP) is 3.45. The number of carbonyl (C=O) groups is 4. The van der Waals surface area contributed by atoms with Crippen molar-refractivity contribution in [2.24, 2.45) is 17.8 Å². The van der Waals surface area contributed by atoms with E-state index in [4.69, 9.17) is 39.5 Å². The van der Waals surface area contributed by atoms with E-state index in [1.807, 2.05) is 13.0 Å². The Hall–Kier alpha value is -2.29. The molecule has 2 heterocycles. The maximum Gasteiger partial charge on any atom is 0.253 e. The Labute approximate surface area is 223 Å². The molecule has 1 saturated carbocycles. The van der Waals surface area contributed by atoms with Crippen LogP contribution in [0.2, 0.25) is 5.02 Å². The average Bonchev–Trinajstić information content (AvgIpc) is 3.16. The van der Waals surface area contributed by atoms with Gasteiger partial charge in [-0.15, -0.1) is 23.2 Å². The van der Waals surface area contributed by atoms with Gasteiger partial charge in [-0.05, 0) is 42.9 Å². The lowest BCUT2D eigenvalue weighted by Crippen LogP contribution is -2.60. The second-order valence-corrected chi connectivity index (χ2v) is 11.5. The highest BCUT2D eigenvalue weighted by Crippen LogP contribution is 2.65. The Morgan fingerprint density at radius 2 is 1.81 bits per heavy atom. The normalized spacial score (nSPS) is 35.6. The number of amides is 4. The highest BCUT2D eigenvalue weighted by atomic mass is 35.5. The van der Waals surface area contributed by atoms with Gasteiger partial charge in [-0.25, -0.2) is 0 Å². The van der Waals surface area contributed by atoms with Gasteiger partial charge >= 0.3 is 0 Å². The summed E-state index contributed by atoms with van der Waals surface area (Å²) >= 11 is 20.5. The van der Waals surface area contributed by atoms with E-state index in [1.54, 1.807) is 0 Å². The van der Waals surface area contributed by atoms with Crippen LogP contribution in [0.3, 0.4) is 0 Å². The third-order valence-corrected chi connectivity index (χ3v) is 9.86. The van der Waals surface area contributed by atoms with Gasteiger partial charge in [0.1, 0.15) is 0 Å². The number of alkyl halides is 2. The van der Waals surface area contributed by atoms with Crippen molar-refractivity contribution in [1.29, 1.82) is 0 Å². The molecule has 11 heteroatoms. The first kappa shape index (κ1) is 25.4. The van der Waals surface area contributed by atoms with Gasteiger partial charge in [0.05, 0.1) is 24.0 Å². The van der Waals surface area contributed by atoms with Gasteiger partial charge in [-0.2, -0.15) is 0 Å². The van der Waals surface area contributed by atoms with Gasteiger partial charge in [-0.3, -0.25) is 29.0 Å². The lowest BCUT2D eigenvalue weighted by molar-refractivity contribution is -0.141. The molecule has 3 fully saturated rings. The molecule has 2 saturated heterocycles. The number of likely N-dealkylation sites (tertiary alicyclic amines) is 2. The fraction of sp³-hybridized carbons (Fsp3) is 0.520. The van der Waals surface area contributed by atoms with Crippen LogP contribution >= 0.6 is 34.8 Å². The van der Waals surface area contributed by atoms with Gasteiger partial charge in [0, 0.05) is 19.5 Å². The SMILES string of the molecule is CCCN1C(=O)C2CC=C3C(CC4(Cl)C(=O)N(C)C(=O)C4(Cl)C3c3cc(Cl)c(O)c(OC)c3)C2C1=O. The monoisotopic (exact) mass is 554 g/mol.